The maximum atomic E-state index is 12.5. The van der Waals surface area contributed by atoms with Crippen molar-refractivity contribution >= 4 is 34.7 Å². The number of anilines is 3. The minimum Gasteiger partial charge on any atom is -0.444 e. The molecule has 0 radical (unpaired) electrons. The van der Waals surface area contributed by atoms with Gasteiger partial charge in [0, 0.05) is 44.0 Å². The van der Waals surface area contributed by atoms with Crippen LogP contribution in [0.3, 0.4) is 0 Å². The molecule has 1 N–H and O–H groups in total. The number of nitrogens with one attached hydrogen (secondary N) is 1. The third kappa shape index (κ3) is 5.15. The maximum Gasteiger partial charge on any atom is 0.410 e. The van der Waals surface area contributed by atoms with E-state index in [9.17, 15) is 4.79 Å². The predicted molar refractivity (Wildman–Crippen MR) is 128 cm³/mol. The number of hydrogen-bond donors (Lipinski definition) is 1. The van der Waals surface area contributed by atoms with Gasteiger partial charge in [0.25, 0.3) is 0 Å². The minimum absolute atomic E-state index is 0.0193. The Balaban J connectivity index is 1.46. The van der Waals surface area contributed by atoms with E-state index in [1.807, 2.05) is 46.2 Å². The summed E-state index contributed by atoms with van der Waals surface area (Å²) in [4.78, 5) is 34.4. The van der Waals surface area contributed by atoms with E-state index in [4.69, 9.17) is 4.74 Å². The molecule has 1 amide bonds. The molecule has 0 aliphatic carbocycles. The Bertz CT molecular complexity index is 1140. The number of ether oxygens (including phenoxy) is 1. The van der Waals surface area contributed by atoms with Crippen LogP contribution in [0.4, 0.5) is 22.4 Å². The molecule has 1 saturated heterocycles. The molecule has 1 unspecified atom stereocenters. The molecule has 1 aliphatic rings. The Labute approximate surface area is 194 Å². The van der Waals surface area contributed by atoms with Crippen LogP contribution in [-0.2, 0) is 4.74 Å². The van der Waals surface area contributed by atoms with Gasteiger partial charge in [-0.3, -0.25) is 0 Å². The monoisotopic (exact) mass is 452 g/mol. The molecule has 0 saturated carbocycles. The SMILES string of the molecule is CC1CN(c2nccc(Nc3cc4c(cn3)ncn4C(C)C)n2)CCN1C(=O)OC(C)(C)C. The van der Waals surface area contributed by atoms with E-state index in [1.54, 1.807) is 17.3 Å². The van der Waals surface area contributed by atoms with Crippen LogP contribution in [0, 0.1) is 0 Å². The van der Waals surface area contributed by atoms with Gasteiger partial charge >= 0.3 is 6.09 Å². The molecule has 3 aromatic heterocycles. The highest BCUT2D eigenvalue weighted by Crippen LogP contribution is 2.23. The zero-order valence-corrected chi connectivity index (χ0v) is 20.1. The Hall–Kier alpha value is -3.43. The largest absolute Gasteiger partial charge is 0.444 e. The second-order valence-corrected chi connectivity index (χ2v) is 9.64. The molecule has 4 heterocycles. The molecule has 10 nitrogen and oxygen atoms in total. The van der Waals surface area contributed by atoms with Crippen molar-refractivity contribution in [1.82, 2.24) is 29.4 Å². The first-order valence-electron chi connectivity index (χ1n) is 11.3. The second kappa shape index (κ2) is 8.84. The summed E-state index contributed by atoms with van der Waals surface area (Å²) in [6, 6.07) is 4.08. The van der Waals surface area contributed by atoms with E-state index in [0.717, 1.165) is 11.0 Å². The maximum absolute atomic E-state index is 12.5. The lowest BCUT2D eigenvalue weighted by molar-refractivity contribution is 0.0158. The molecule has 3 aromatic rings. The van der Waals surface area contributed by atoms with Gasteiger partial charge in [0.1, 0.15) is 22.8 Å². The van der Waals surface area contributed by atoms with Gasteiger partial charge in [0.15, 0.2) is 0 Å². The Morgan fingerprint density at radius 3 is 2.67 bits per heavy atom. The number of carbonyl (C=O) groups excluding carboxylic acids is 1. The van der Waals surface area contributed by atoms with Gasteiger partial charge in [-0.15, -0.1) is 0 Å². The topological polar surface area (TPSA) is 101 Å². The molecular weight excluding hydrogens is 420 g/mol. The lowest BCUT2D eigenvalue weighted by atomic mass is 10.2. The molecule has 10 heteroatoms. The van der Waals surface area contributed by atoms with Gasteiger partial charge in [-0.1, -0.05) is 0 Å². The highest BCUT2D eigenvalue weighted by Gasteiger charge is 2.31. The van der Waals surface area contributed by atoms with Gasteiger partial charge < -0.3 is 24.4 Å². The molecule has 1 aliphatic heterocycles. The number of nitrogens with zero attached hydrogens (tertiary/aromatic N) is 7. The fraction of sp³-hybridized carbons (Fsp3) is 0.522. The summed E-state index contributed by atoms with van der Waals surface area (Å²) >= 11 is 0. The third-order valence-corrected chi connectivity index (χ3v) is 5.45. The minimum atomic E-state index is -0.513. The van der Waals surface area contributed by atoms with E-state index in [2.05, 4.69) is 48.6 Å². The number of imidazole rings is 1. The first kappa shape index (κ1) is 22.8. The molecule has 176 valence electrons. The molecular formula is C23H32N8O2. The highest BCUT2D eigenvalue weighted by molar-refractivity contribution is 5.78. The van der Waals surface area contributed by atoms with Crippen LogP contribution >= 0.6 is 0 Å². The third-order valence-electron chi connectivity index (χ3n) is 5.45. The van der Waals surface area contributed by atoms with E-state index < -0.39 is 5.60 Å². The number of piperazine rings is 1. The predicted octanol–water partition coefficient (Wildman–Crippen LogP) is 3.99. The molecule has 4 rings (SSSR count). The lowest BCUT2D eigenvalue weighted by Gasteiger charge is -2.40. The number of hydrogen-bond acceptors (Lipinski definition) is 8. The van der Waals surface area contributed by atoms with Crippen molar-refractivity contribution in [3.05, 3.63) is 30.9 Å². The number of aromatic nitrogens is 5. The molecule has 33 heavy (non-hydrogen) atoms. The number of pyridine rings is 1. The van der Waals surface area contributed by atoms with Crippen LogP contribution in [0.15, 0.2) is 30.9 Å². The van der Waals surface area contributed by atoms with Crippen LogP contribution < -0.4 is 10.2 Å². The highest BCUT2D eigenvalue weighted by atomic mass is 16.6. The molecule has 1 fully saturated rings. The van der Waals surface area contributed by atoms with E-state index >= 15 is 0 Å². The Morgan fingerprint density at radius 2 is 1.97 bits per heavy atom. The van der Waals surface area contributed by atoms with Crippen LogP contribution in [-0.4, -0.2) is 66.8 Å². The summed E-state index contributed by atoms with van der Waals surface area (Å²) in [7, 11) is 0. The number of amides is 1. The Kier molecular flexibility index (Phi) is 6.09. The zero-order valence-electron chi connectivity index (χ0n) is 20.1. The fourth-order valence-electron chi connectivity index (χ4n) is 3.84. The van der Waals surface area contributed by atoms with Gasteiger partial charge in [-0.2, -0.15) is 4.98 Å². The van der Waals surface area contributed by atoms with Crippen LogP contribution in [0.2, 0.25) is 0 Å². The molecule has 0 spiro atoms. The van der Waals surface area contributed by atoms with Gasteiger partial charge in [-0.25, -0.2) is 19.7 Å². The van der Waals surface area contributed by atoms with Crippen molar-refractivity contribution in [1.29, 1.82) is 0 Å². The number of carbonyl (C=O) groups is 1. The van der Waals surface area contributed by atoms with Crippen molar-refractivity contribution in [2.75, 3.05) is 29.9 Å². The van der Waals surface area contributed by atoms with Crippen molar-refractivity contribution in [3.8, 4) is 0 Å². The van der Waals surface area contributed by atoms with Crippen molar-refractivity contribution in [2.24, 2.45) is 0 Å². The summed E-state index contributed by atoms with van der Waals surface area (Å²) in [6.07, 6.45) is 5.04. The van der Waals surface area contributed by atoms with Crippen LogP contribution in [0.25, 0.3) is 11.0 Å². The lowest BCUT2D eigenvalue weighted by Crippen LogP contribution is -2.55. The average molecular weight is 453 g/mol. The van der Waals surface area contributed by atoms with Crippen LogP contribution in [0.1, 0.15) is 47.6 Å². The zero-order chi connectivity index (χ0) is 23.8. The van der Waals surface area contributed by atoms with Gasteiger partial charge in [-0.05, 0) is 47.6 Å². The smallest absolute Gasteiger partial charge is 0.410 e. The van der Waals surface area contributed by atoms with E-state index in [0.29, 0.717) is 43.3 Å². The first-order valence-corrected chi connectivity index (χ1v) is 11.3. The average Bonchev–Trinajstić information content (AvgIpc) is 3.16. The number of fused-ring (bicyclic) bond motifs is 1. The molecule has 1 atom stereocenters. The number of rotatable bonds is 4. The summed E-state index contributed by atoms with van der Waals surface area (Å²) < 4.78 is 7.65. The van der Waals surface area contributed by atoms with E-state index in [-0.39, 0.29) is 12.1 Å². The second-order valence-electron chi connectivity index (χ2n) is 9.64. The normalized spacial score (nSPS) is 17.0. The Morgan fingerprint density at radius 1 is 1.18 bits per heavy atom. The quantitative estimate of drug-likeness (QED) is 0.634. The van der Waals surface area contributed by atoms with Crippen molar-refractivity contribution < 1.29 is 9.53 Å². The summed E-state index contributed by atoms with van der Waals surface area (Å²) in [5.41, 5.74) is 1.36. The summed E-state index contributed by atoms with van der Waals surface area (Å²) in [5.74, 6) is 1.96. The molecule has 0 aromatic carbocycles. The van der Waals surface area contributed by atoms with Gasteiger partial charge in [0.05, 0.1) is 18.0 Å². The standard InChI is InChI=1S/C23H32N8O2/c1-15(2)31-14-26-17-12-25-20(11-18(17)31)27-19-7-8-24-21(28-19)29-9-10-30(16(3)13-29)22(32)33-23(4,5)6/h7-8,11-12,14-16H,9-10,13H2,1-6H3,(H,24,25,27,28). The van der Waals surface area contributed by atoms with Gasteiger partial charge in [0.2, 0.25) is 5.95 Å². The van der Waals surface area contributed by atoms with E-state index in [1.165, 1.54) is 0 Å². The molecule has 0 bridgehead atoms. The fourth-order valence-corrected chi connectivity index (χ4v) is 3.84. The first-order chi connectivity index (χ1) is 15.6. The van der Waals surface area contributed by atoms with Crippen molar-refractivity contribution in [2.45, 2.75) is 59.2 Å². The summed E-state index contributed by atoms with van der Waals surface area (Å²) in [6.45, 7) is 13.7. The summed E-state index contributed by atoms with van der Waals surface area (Å²) in [5, 5.41) is 3.28. The van der Waals surface area contributed by atoms with Crippen molar-refractivity contribution in [3.63, 3.8) is 0 Å². The van der Waals surface area contributed by atoms with Crippen LogP contribution in [0.5, 0.6) is 0 Å².